The van der Waals surface area contributed by atoms with Gasteiger partial charge in [-0.1, -0.05) is 0 Å². The molecule has 2 fully saturated rings. The molecule has 13 heteroatoms. The number of hydrogen-bond acceptors (Lipinski definition) is 6. The number of halogens is 4. The number of nitrogens with one attached hydrogen (secondary N) is 1. The molecule has 4 rings (SSSR count). The number of nitrogens with zero attached hydrogens (tertiary/aromatic N) is 1. The average molecular weight is 518 g/mol. The quantitative estimate of drug-likeness (QED) is 0.308. The predicted octanol–water partition coefficient (Wildman–Crippen LogP) is 2.83. The van der Waals surface area contributed by atoms with Gasteiger partial charge in [-0.05, 0) is 67.1 Å². The lowest BCUT2D eigenvalue weighted by molar-refractivity contribution is -0.139. The molecule has 8 nitrogen and oxygen atoms in total. The molecule has 0 aromatic heterocycles. The van der Waals surface area contributed by atoms with Gasteiger partial charge in [-0.25, -0.2) is 18.3 Å². The van der Waals surface area contributed by atoms with Crippen LogP contribution in [0.5, 0.6) is 5.75 Å². The number of sulfonamides is 1. The zero-order valence-electron chi connectivity index (χ0n) is 18.1. The van der Waals surface area contributed by atoms with Crippen LogP contribution in [-0.4, -0.2) is 47.6 Å². The minimum atomic E-state index is -4.71. The molecule has 35 heavy (non-hydrogen) atoms. The van der Waals surface area contributed by atoms with Crippen molar-refractivity contribution in [1.82, 2.24) is 9.79 Å². The third-order valence-electron chi connectivity index (χ3n) is 6.35. The summed E-state index contributed by atoms with van der Waals surface area (Å²) in [6.45, 7) is -0.960. The molecule has 0 bridgehead atoms. The number of hydrogen-bond donors (Lipinski definition) is 3. The molecule has 1 spiro atoms. The Morgan fingerprint density at radius 3 is 2.40 bits per heavy atom. The zero-order valence-corrected chi connectivity index (χ0v) is 18.9. The Morgan fingerprint density at radius 1 is 1.17 bits per heavy atom. The third-order valence-corrected chi connectivity index (χ3v) is 8.19. The highest BCUT2D eigenvalue weighted by atomic mass is 32.2. The number of carbonyl (C=O) groups is 1. The second-order valence-corrected chi connectivity index (χ2v) is 10.6. The van der Waals surface area contributed by atoms with Gasteiger partial charge in [-0.3, -0.25) is 10.0 Å². The molecule has 1 amide bonds. The number of carbonyl (C=O) groups excluding carboxylic acids is 1. The summed E-state index contributed by atoms with van der Waals surface area (Å²) in [5.41, 5.74) is -0.735. The molecule has 0 radical (unpaired) electrons. The van der Waals surface area contributed by atoms with Gasteiger partial charge >= 0.3 is 6.18 Å². The van der Waals surface area contributed by atoms with Gasteiger partial charge in [0.1, 0.15) is 24.2 Å². The largest absolute Gasteiger partial charge is 0.489 e. The number of hydroxylamine groups is 1. The number of β-amino-alcohol motifs (C(OH)–C–C–N with tert-alkyl or cyclic N) is 1. The van der Waals surface area contributed by atoms with Crippen molar-refractivity contribution in [3.05, 3.63) is 59.4 Å². The predicted molar refractivity (Wildman–Crippen MR) is 112 cm³/mol. The number of rotatable bonds is 6. The van der Waals surface area contributed by atoms with E-state index in [-0.39, 0.29) is 23.6 Å². The second kappa shape index (κ2) is 9.04. The van der Waals surface area contributed by atoms with Crippen LogP contribution in [0.15, 0.2) is 47.4 Å². The number of aliphatic hydroxyl groups excluding tert-OH is 1. The molecule has 2 atom stereocenters. The van der Waals surface area contributed by atoms with Gasteiger partial charge in [0.25, 0.3) is 5.91 Å². The van der Waals surface area contributed by atoms with Crippen LogP contribution in [0.25, 0.3) is 0 Å². The Morgan fingerprint density at radius 2 is 1.83 bits per heavy atom. The number of aliphatic hydroxyl groups is 1. The maximum Gasteiger partial charge on any atom is 0.416 e. The summed E-state index contributed by atoms with van der Waals surface area (Å²) in [7, 11) is -4.30. The van der Waals surface area contributed by atoms with Crippen molar-refractivity contribution in [2.24, 2.45) is 5.41 Å². The van der Waals surface area contributed by atoms with E-state index in [0.717, 1.165) is 16.4 Å². The Balaban J connectivity index is 1.55. The first kappa shape index (κ1) is 25.4. The normalized spacial score (nSPS) is 22.1. The van der Waals surface area contributed by atoms with Crippen LogP contribution in [0.1, 0.15) is 30.4 Å². The summed E-state index contributed by atoms with van der Waals surface area (Å²) in [5, 5.41) is 19.4. The van der Waals surface area contributed by atoms with Crippen molar-refractivity contribution in [1.29, 1.82) is 0 Å². The van der Waals surface area contributed by atoms with Gasteiger partial charge in [0.15, 0.2) is 0 Å². The molecule has 2 aliphatic rings. The Hall–Kier alpha value is -2.74. The van der Waals surface area contributed by atoms with Crippen LogP contribution in [-0.2, 0) is 27.6 Å². The summed E-state index contributed by atoms with van der Waals surface area (Å²) >= 11 is 0. The Kier molecular flexibility index (Phi) is 6.55. The third kappa shape index (κ3) is 4.99. The van der Waals surface area contributed by atoms with Crippen LogP contribution in [0.3, 0.4) is 0 Å². The molecule has 2 unspecified atom stereocenters. The van der Waals surface area contributed by atoms with Crippen molar-refractivity contribution < 1.29 is 45.8 Å². The second-order valence-electron chi connectivity index (χ2n) is 8.73. The van der Waals surface area contributed by atoms with Crippen LogP contribution in [0.4, 0.5) is 17.6 Å². The topological polar surface area (TPSA) is 116 Å². The molecule has 2 aromatic rings. The molecule has 1 heterocycles. The van der Waals surface area contributed by atoms with Gasteiger partial charge in [0.2, 0.25) is 10.0 Å². The lowest BCUT2D eigenvalue weighted by Gasteiger charge is -2.41. The zero-order chi connectivity index (χ0) is 25.6. The van der Waals surface area contributed by atoms with Crippen molar-refractivity contribution >= 4 is 15.9 Å². The molecule has 2 aromatic carbocycles. The van der Waals surface area contributed by atoms with E-state index < -0.39 is 63.2 Å². The summed E-state index contributed by atoms with van der Waals surface area (Å²) in [6, 6.07) is 5.54. The molecule has 1 aliphatic carbocycles. The summed E-state index contributed by atoms with van der Waals surface area (Å²) in [5.74, 6) is -1.73. The maximum atomic E-state index is 13.5. The standard InChI is InChI=1S/C22H22F4N2O6S/c23-14-1-6-18(22(24,25)26)13(9-14)12-34-16-2-4-17(5-3-16)35(32,33)28-11-15(29)10-21(7-8-21)19(28)20(30)27-31/h1-6,9,15,19,29,31H,7-8,10-12H2,(H,27,30). The summed E-state index contributed by atoms with van der Waals surface area (Å²) < 4.78 is 85.7. The van der Waals surface area contributed by atoms with Crippen LogP contribution >= 0.6 is 0 Å². The van der Waals surface area contributed by atoms with Gasteiger partial charge in [0, 0.05) is 12.1 Å². The van der Waals surface area contributed by atoms with Crippen molar-refractivity contribution in [3.63, 3.8) is 0 Å². The van der Waals surface area contributed by atoms with Crippen LogP contribution in [0, 0.1) is 11.2 Å². The number of piperidine rings is 1. The van der Waals surface area contributed by atoms with E-state index >= 15 is 0 Å². The van der Waals surface area contributed by atoms with Crippen molar-refractivity contribution in [3.8, 4) is 5.75 Å². The molecule has 1 saturated heterocycles. The summed E-state index contributed by atoms with van der Waals surface area (Å²) in [6.07, 6.45) is -4.45. The first-order valence-electron chi connectivity index (χ1n) is 10.6. The van der Waals surface area contributed by atoms with Crippen molar-refractivity contribution in [2.75, 3.05) is 6.54 Å². The molecule has 1 aliphatic heterocycles. The highest BCUT2D eigenvalue weighted by molar-refractivity contribution is 7.89. The first-order valence-corrected chi connectivity index (χ1v) is 12.0. The van der Waals surface area contributed by atoms with Gasteiger partial charge in [-0.15, -0.1) is 0 Å². The minimum Gasteiger partial charge on any atom is -0.489 e. The van der Waals surface area contributed by atoms with E-state index in [0.29, 0.717) is 31.0 Å². The first-order chi connectivity index (χ1) is 16.4. The minimum absolute atomic E-state index is 0.0309. The smallest absolute Gasteiger partial charge is 0.416 e. The van der Waals surface area contributed by atoms with E-state index in [1.54, 1.807) is 0 Å². The highest BCUT2D eigenvalue weighted by Gasteiger charge is 2.60. The maximum absolute atomic E-state index is 13.5. The number of alkyl halides is 3. The van der Waals surface area contributed by atoms with Crippen LogP contribution < -0.4 is 10.2 Å². The SMILES string of the molecule is O=C(NO)C1N(S(=O)(=O)c2ccc(OCc3cc(F)ccc3C(F)(F)F)cc2)CC(O)CC12CC2. The van der Waals surface area contributed by atoms with E-state index in [1.807, 2.05) is 0 Å². The van der Waals surface area contributed by atoms with Crippen LogP contribution in [0.2, 0.25) is 0 Å². The summed E-state index contributed by atoms with van der Waals surface area (Å²) in [4.78, 5) is 12.1. The number of amides is 1. The average Bonchev–Trinajstić information content (AvgIpc) is 3.55. The van der Waals surface area contributed by atoms with Gasteiger partial charge in [-0.2, -0.15) is 17.5 Å². The van der Waals surface area contributed by atoms with Gasteiger partial charge in [0.05, 0.1) is 16.6 Å². The van der Waals surface area contributed by atoms with E-state index in [4.69, 9.17) is 9.94 Å². The number of ether oxygens (including phenoxy) is 1. The Labute approximate surface area is 198 Å². The Bertz CT molecular complexity index is 1220. The molecule has 1 saturated carbocycles. The molecule has 190 valence electrons. The van der Waals surface area contributed by atoms with E-state index in [9.17, 15) is 35.9 Å². The molecular weight excluding hydrogens is 496 g/mol. The number of benzene rings is 2. The molecular formula is C22H22F4N2O6S. The fourth-order valence-corrected chi connectivity index (χ4v) is 6.29. The highest BCUT2D eigenvalue weighted by Crippen LogP contribution is 2.57. The lowest BCUT2D eigenvalue weighted by Crippen LogP contribution is -2.59. The van der Waals surface area contributed by atoms with Gasteiger partial charge < -0.3 is 9.84 Å². The lowest BCUT2D eigenvalue weighted by atomic mass is 9.85. The fraction of sp³-hybridized carbons (Fsp3) is 0.409. The fourth-order valence-electron chi connectivity index (χ4n) is 4.57. The monoisotopic (exact) mass is 518 g/mol. The van der Waals surface area contributed by atoms with Crippen molar-refractivity contribution in [2.45, 2.75) is 49.1 Å². The van der Waals surface area contributed by atoms with E-state index in [1.165, 1.54) is 17.6 Å². The molecule has 3 N–H and O–H groups in total. The van der Waals surface area contributed by atoms with E-state index in [2.05, 4.69) is 0 Å².